The maximum absolute atomic E-state index is 12.6. The van der Waals surface area contributed by atoms with Crippen molar-refractivity contribution >= 4 is 11.7 Å². The van der Waals surface area contributed by atoms with E-state index >= 15 is 0 Å². The molecule has 1 amide bonds. The number of hydrogen-bond acceptors (Lipinski definition) is 4. The summed E-state index contributed by atoms with van der Waals surface area (Å²) in [5.74, 6) is -0.522. The molecule has 1 fully saturated rings. The fraction of sp³-hybridized carbons (Fsp3) is 0.632. The van der Waals surface area contributed by atoms with Crippen LogP contribution in [-0.4, -0.2) is 34.4 Å². The second-order valence-corrected chi connectivity index (χ2v) is 8.58. The van der Waals surface area contributed by atoms with Crippen molar-refractivity contribution in [2.75, 3.05) is 6.61 Å². The normalized spacial score (nSPS) is 27.8. The van der Waals surface area contributed by atoms with Crippen molar-refractivity contribution in [3.05, 3.63) is 33.2 Å². The molecule has 6 heteroatoms. The van der Waals surface area contributed by atoms with Crippen LogP contribution in [0.3, 0.4) is 0 Å². The highest BCUT2D eigenvalue weighted by atomic mass is 16.3. The molecule has 1 aromatic heterocycles. The molecule has 2 atom stereocenters. The first kappa shape index (κ1) is 17.9. The summed E-state index contributed by atoms with van der Waals surface area (Å²) >= 11 is 0. The molecular formula is C19H26N2O4. The van der Waals surface area contributed by atoms with Gasteiger partial charge < -0.3 is 15.4 Å². The fourth-order valence-corrected chi connectivity index (χ4v) is 4.10. The number of fused-ring (bicyclic) bond motifs is 1. The molecule has 1 aromatic rings. The van der Waals surface area contributed by atoms with E-state index in [2.05, 4.69) is 10.3 Å². The van der Waals surface area contributed by atoms with Gasteiger partial charge in [0.15, 0.2) is 5.78 Å². The van der Waals surface area contributed by atoms with Gasteiger partial charge in [0.25, 0.3) is 11.5 Å². The number of aromatic amines is 1. The van der Waals surface area contributed by atoms with Gasteiger partial charge in [-0.2, -0.15) is 0 Å². The third-order valence-electron chi connectivity index (χ3n) is 5.71. The number of pyridine rings is 1. The van der Waals surface area contributed by atoms with Crippen LogP contribution >= 0.6 is 0 Å². The van der Waals surface area contributed by atoms with Crippen LogP contribution < -0.4 is 10.9 Å². The minimum Gasteiger partial charge on any atom is -0.396 e. The van der Waals surface area contributed by atoms with Crippen LogP contribution in [0.15, 0.2) is 10.9 Å². The summed E-state index contributed by atoms with van der Waals surface area (Å²) in [6, 6.07) is 1.27. The Balaban J connectivity index is 1.89. The van der Waals surface area contributed by atoms with Gasteiger partial charge in [0, 0.05) is 29.1 Å². The van der Waals surface area contributed by atoms with E-state index in [1.165, 1.54) is 6.07 Å². The highest BCUT2D eigenvalue weighted by Crippen LogP contribution is 2.37. The number of nitrogens with one attached hydrogen (secondary N) is 2. The van der Waals surface area contributed by atoms with E-state index in [0.717, 1.165) is 19.3 Å². The molecule has 0 bridgehead atoms. The van der Waals surface area contributed by atoms with Crippen molar-refractivity contribution in [1.82, 2.24) is 10.3 Å². The second kappa shape index (κ2) is 6.09. The topological polar surface area (TPSA) is 99.3 Å². The summed E-state index contributed by atoms with van der Waals surface area (Å²) in [5.41, 5.74) is 0.00814. The molecule has 0 spiro atoms. The lowest BCUT2D eigenvalue weighted by Gasteiger charge is -2.31. The Morgan fingerprint density at radius 1 is 1.32 bits per heavy atom. The van der Waals surface area contributed by atoms with Gasteiger partial charge >= 0.3 is 0 Å². The van der Waals surface area contributed by atoms with Gasteiger partial charge in [-0.25, -0.2) is 0 Å². The number of Topliss-reactive ketones (excluding diaryl/α,β-unsaturated/α-hetero) is 1. The molecule has 0 radical (unpaired) electrons. The highest BCUT2D eigenvalue weighted by molar-refractivity contribution is 6.02. The smallest absolute Gasteiger partial charge is 0.261 e. The zero-order chi connectivity index (χ0) is 18.4. The van der Waals surface area contributed by atoms with E-state index in [4.69, 9.17) is 0 Å². The van der Waals surface area contributed by atoms with Gasteiger partial charge in [-0.15, -0.1) is 0 Å². The summed E-state index contributed by atoms with van der Waals surface area (Å²) in [5, 5.41) is 12.5. The van der Waals surface area contributed by atoms with Crippen molar-refractivity contribution in [3.63, 3.8) is 0 Å². The number of carbonyl (C=O) groups excluding carboxylic acids is 2. The zero-order valence-electron chi connectivity index (χ0n) is 15.1. The highest BCUT2D eigenvalue weighted by Gasteiger charge is 2.40. The average molecular weight is 346 g/mol. The average Bonchev–Trinajstić information content (AvgIpc) is 2.87. The molecule has 1 heterocycles. The minimum absolute atomic E-state index is 0.00788. The number of aliphatic hydroxyl groups excluding tert-OH is 1. The van der Waals surface area contributed by atoms with Crippen LogP contribution in [-0.2, 0) is 6.42 Å². The van der Waals surface area contributed by atoms with Crippen LogP contribution in [0.5, 0.6) is 0 Å². The SMILES string of the molecule is CC1(C)CC(=O)c2cc(C(=O)N[C@H]3CCC[C@]3(C)CO)c(=O)[nH]c2C1. The van der Waals surface area contributed by atoms with Gasteiger partial charge in [-0.05, 0) is 30.7 Å². The summed E-state index contributed by atoms with van der Waals surface area (Å²) in [4.78, 5) is 40.1. The fourth-order valence-electron chi connectivity index (χ4n) is 4.10. The Morgan fingerprint density at radius 3 is 2.72 bits per heavy atom. The third-order valence-corrected chi connectivity index (χ3v) is 5.71. The maximum Gasteiger partial charge on any atom is 0.261 e. The monoisotopic (exact) mass is 346 g/mol. The van der Waals surface area contributed by atoms with E-state index in [-0.39, 0.29) is 34.8 Å². The van der Waals surface area contributed by atoms with Crippen molar-refractivity contribution < 1.29 is 14.7 Å². The van der Waals surface area contributed by atoms with Gasteiger partial charge in [0.05, 0.1) is 6.61 Å². The number of aliphatic hydroxyl groups is 1. The van der Waals surface area contributed by atoms with Gasteiger partial charge in [0.2, 0.25) is 0 Å². The first-order chi connectivity index (χ1) is 11.6. The summed E-state index contributed by atoms with van der Waals surface area (Å²) in [6.45, 7) is 5.91. The number of amides is 1. The number of H-pyrrole nitrogens is 1. The molecular weight excluding hydrogens is 320 g/mol. The van der Waals surface area contributed by atoms with Gasteiger partial charge in [-0.1, -0.05) is 27.2 Å². The molecule has 3 N–H and O–H groups in total. The first-order valence-corrected chi connectivity index (χ1v) is 8.86. The predicted octanol–water partition coefficient (Wildman–Crippen LogP) is 1.81. The third kappa shape index (κ3) is 3.27. The van der Waals surface area contributed by atoms with E-state index in [1.54, 1.807) is 0 Å². The largest absolute Gasteiger partial charge is 0.396 e. The summed E-state index contributed by atoms with van der Waals surface area (Å²) in [7, 11) is 0. The van der Waals surface area contributed by atoms with Gasteiger partial charge in [-0.3, -0.25) is 14.4 Å². The van der Waals surface area contributed by atoms with Crippen LogP contribution in [0, 0.1) is 10.8 Å². The van der Waals surface area contributed by atoms with Crippen molar-refractivity contribution in [1.29, 1.82) is 0 Å². The Hall–Kier alpha value is -1.95. The molecule has 0 unspecified atom stereocenters. The maximum atomic E-state index is 12.6. The molecule has 3 rings (SSSR count). The number of ketones is 1. The summed E-state index contributed by atoms with van der Waals surface area (Å²) in [6.07, 6.45) is 3.55. The Morgan fingerprint density at radius 2 is 2.04 bits per heavy atom. The van der Waals surface area contributed by atoms with Crippen LogP contribution in [0.2, 0.25) is 0 Å². The van der Waals surface area contributed by atoms with E-state index in [0.29, 0.717) is 24.1 Å². The van der Waals surface area contributed by atoms with Crippen molar-refractivity contribution in [2.24, 2.45) is 10.8 Å². The number of aromatic nitrogens is 1. The summed E-state index contributed by atoms with van der Waals surface area (Å²) < 4.78 is 0. The van der Waals surface area contributed by atoms with Crippen molar-refractivity contribution in [2.45, 2.75) is 58.9 Å². The first-order valence-electron chi connectivity index (χ1n) is 8.86. The molecule has 6 nitrogen and oxygen atoms in total. The number of rotatable bonds is 3. The Bertz CT molecular complexity index is 780. The second-order valence-electron chi connectivity index (χ2n) is 8.58. The van der Waals surface area contributed by atoms with Gasteiger partial charge in [0.1, 0.15) is 5.56 Å². The molecule has 1 saturated carbocycles. The van der Waals surface area contributed by atoms with Crippen LogP contribution in [0.25, 0.3) is 0 Å². The molecule has 0 aliphatic heterocycles. The van der Waals surface area contributed by atoms with E-state index in [9.17, 15) is 19.5 Å². The molecule has 2 aliphatic rings. The Kier molecular flexibility index (Phi) is 4.35. The van der Waals surface area contributed by atoms with Crippen LogP contribution in [0.1, 0.15) is 72.9 Å². The number of carbonyl (C=O) groups is 2. The quantitative estimate of drug-likeness (QED) is 0.777. The lowest BCUT2D eigenvalue weighted by molar-refractivity contribution is 0.0829. The standard InChI is InChI=1S/C19H26N2O4/c1-18(2)8-13-11(14(23)9-18)7-12(16(24)20-13)17(25)21-15-5-4-6-19(15,3)10-22/h7,15,22H,4-6,8-10H2,1-3H3,(H,20,24)(H,21,25)/t15-,19+/m0/s1. The number of hydrogen-bond donors (Lipinski definition) is 3. The van der Waals surface area contributed by atoms with Crippen LogP contribution in [0.4, 0.5) is 0 Å². The predicted molar refractivity (Wildman–Crippen MR) is 93.8 cm³/mol. The lowest BCUT2D eigenvalue weighted by Crippen LogP contribution is -2.46. The van der Waals surface area contributed by atoms with Crippen molar-refractivity contribution in [3.8, 4) is 0 Å². The Labute approximate surface area is 147 Å². The van der Waals surface area contributed by atoms with E-state index in [1.807, 2.05) is 20.8 Å². The molecule has 0 aromatic carbocycles. The minimum atomic E-state index is -0.478. The van der Waals surface area contributed by atoms with E-state index < -0.39 is 11.5 Å². The molecule has 0 saturated heterocycles. The molecule has 25 heavy (non-hydrogen) atoms. The lowest BCUT2D eigenvalue weighted by atomic mass is 9.75. The molecule has 136 valence electrons. The zero-order valence-corrected chi connectivity index (χ0v) is 15.1. The molecule has 2 aliphatic carbocycles.